The van der Waals surface area contributed by atoms with Crippen molar-refractivity contribution in [2.24, 2.45) is 5.92 Å². The number of halogens is 1. The van der Waals surface area contributed by atoms with Crippen LogP contribution < -0.4 is 11.2 Å². The summed E-state index contributed by atoms with van der Waals surface area (Å²) in [5.41, 5.74) is 0.853. The summed E-state index contributed by atoms with van der Waals surface area (Å²) in [5.74, 6) is 7.02. The van der Waals surface area contributed by atoms with Gasteiger partial charge in [-0.05, 0) is 25.0 Å². The Hall–Kier alpha value is -1.54. The number of hydrogen-bond donors (Lipinski definition) is 2. The molecule has 1 aromatic heterocycles. The molecule has 6 nitrogen and oxygen atoms in total. The van der Waals surface area contributed by atoms with Gasteiger partial charge in [0, 0.05) is 16.6 Å². The Bertz CT molecular complexity index is 688. The second kappa shape index (κ2) is 7.83. The van der Waals surface area contributed by atoms with Crippen molar-refractivity contribution in [3.05, 3.63) is 28.7 Å². The van der Waals surface area contributed by atoms with Crippen LogP contribution in [0.5, 0.6) is 0 Å². The van der Waals surface area contributed by atoms with Crippen molar-refractivity contribution in [3.8, 4) is 11.4 Å². The van der Waals surface area contributed by atoms with E-state index in [4.69, 9.17) is 5.84 Å². The summed E-state index contributed by atoms with van der Waals surface area (Å²) in [6.07, 6.45) is 0. The first-order valence-corrected chi connectivity index (χ1v) is 8.97. The molecule has 1 aromatic carbocycles. The van der Waals surface area contributed by atoms with Crippen LogP contribution in [0.25, 0.3) is 11.4 Å². The Morgan fingerprint density at radius 1 is 1.35 bits per heavy atom. The molecule has 0 radical (unpaired) electrons. The Labute approximate surface area is 148 Å². The van der Waals surface area contributed by atoms with E-state index in [-0.39, 0.29) is 11.2 Å². The molecular weight excluding hydrogens is 378 g/mol. The number of nitrogen functional groups attached to an aromatic ring is 1. The van der Waals surface area contributed by atoms with Gasteiger partial charge in [0.2, 0.25) is 11.1 Å². The standard InChI is InChI=1S/C15H20BrN5OS/c1-9(2)8-18-14(22)10(3)23-15-20-19-13(21(15)17)11-6-4-5-7-12(11)16/h4-7,9-10H,8,17H2,1-3H3,(H,18,22)/t10-/m0/s1. The third-order valence-corrected chi connectivity index (χ3v) is 4.86. The van der Waals surface area contributed by atoms with Crippen molar-refractivity contribution in [1.82, 2.24) is 20.2 Å². The molecule has 0 fully saturated rings. The fourth-order valence-corrected chi connectivity index (χ4v) is 3.10. The van der Waals surface area contributed by atoms with E-state index in [2.05, 4.69) is 45.3 Å². The lowest BCUT2D eigenvalue weighted by atomic mass is 10.2. The van der Waals surface area contributed by atoms with Crippen LogP contribution in [0.2, 0.25) is 0 Å². The average molecular weight is 398 g/mol. The normalized spacial score (nSPS) is 12.4. The fraction of sp³-hybridized carbons (Fsp3) is 0.400. The van der Waals surface area contributed by atoms with Gasteiger partial charge in [0.15, 0.2) is 5.82 Å². The fourth-order valence-electron chi connectivity index (χ4n) is 1.84. The number of nitrogens with two attached hydrogens (primary N) is 1. The Morgan fingerprint density at radius 3 is 2.70 bits per heavy atom. The zero-order valence-electron chi connectivity index (χ0n) is 13.3. The van der Waals surface area contributed by atoms with Crippen LogP contribution in [0, 0.1) is 5.92 Å². The Kier molecular flexibility index (Phi) is 6.06. The van der Waals surface area contributed by atoms with E-state index < -0.39 is 0 Å². The highest BCUT2D eigenvalue weighted by Gasteiger charge is 2.20. The van der Waals surface area contributed by atoms with Gasteiger partial charge in [-0.3, -0.25) is 4.79 Å². The topological polar surface area (TPSA) is 85.8 Å². The van der Waals surface area contributed by atoms with Gasteiger partial charge in [-0.2, -0.15) is 0 Å². The first-order chi connectivity index (χ1) is 10.9. The number of benzene rings is 1. The van der Waals surface area contributed by atoms with Gasteiger partial charge in [-0.25, -0.2) is 4.68 Å². The van der Waals surface area contributed by atoms with E-state index in [1.807, 2.05) is 31.2 Å². The molecule has 0 saturated carbocycles. The molecule has 0 aliphatic carbocycles. The molecule has 0 aliphatic heterocycles. The van der Waals surface area contributed by atoms with E-state index in [0.717, 1.165) is 10.0 Å². The minimum Gasteiger partial charge on any atom is -0.355 e. The molecule has 2 rings (SSSR count). The molecule has 0 saturated heterocycles. The molecule has 3 N–H and O–H groups in total. The van der Waals surface area contributed by atoms with E-state index in [1.165, 1.54) is 16.4 Å². The SMILES string of the molecule is CC(C)CNC(=O)[C@H](C)Sc1nnc(-c2ccccc2Br)n1N. The molecule has 0 unspecified atom stereocenters. The lowest BCUT2D eigenvalue weighted by molar-refractivity contribution is -0.120. The maximum absolute atomic E-state index is 12.1. The third-order valence-electron chi connectivity index (χ3n) is 3.12. The molecule has 0 spiro atoms. The summed E-state index contributed by atoms with van der Waals surface area (Å²) in [4.78, 5) is 12.1. The van der Waals surface area contributed by atoms with Crippen molar-refractivity contribution < 1.29 is 4.79 Å². The Morgan fingerprint density at radius 2 is 2.04 bits per heavy atom. The van der Waals surface area contributed by atoms with Gasteiger partial charge < -0.3 is 11.2 Å². The van der Waals surface area contributed by atoms with Gasteiger partial charge in [0.05, 0.1) is 5.25 Å². The van der Waals surface area contributed by atoms with Gasteiger partial charge >= 0.3 is 0 Å². The summed E-state index contributed by atoms with van der Waals surface area (Å²) in [5, 5.41) is 11.3. The highest BCUT2D eigenvalue weighted by atomic mass is 79.9. The monoisotopic (exact) mass is 397 g/mol. The smallest absolute Gasteiger partial charge is 0.233 e. The van der Waals surface area contributed by atoms with Crippen LogP contribution in [0.15, 0.2) is 33.9 Å². The van der Waals surface area contributed by atoms with Crippen molar-refractivity contribution >= 4 is 33.6 Å². The largest absolute Gasteiger partial charge is 0.355 e. The van der Waals surface area contributed by atoms with Gasteiger partial charge in [-0.1, -0.05) is 53.7 Å². The molecule has 0 bridgehead atoms. The summed E-state index contributed by atoms with van der Waals surface area (Å²) < 4.78 is 2.30. The highest BCUT2D eigenvalue weighted by molar-refractivity contribution is 9.10. The number of aromatic nitrogens is 3. The van der Waals surface area contributed by atoms with Crippen LogP contribution in [-0.4, -0.2) is 32.6 Å². The molecule has 1 heterocycles. The van der Waals surface area contributed by atoms with Crippen LogP contribution in [-0.2, 0) is 4.79 Å². The van der Waals surface area contributed by atoms with Crippen molar-refractivity contribution in [3.63, 3.8) is 0 Å². The number of nitrogens with one attached hydrogen (secondary N) is 1. The lowest BCUT2D eigenvalue weighted by Crippen LogP contribution is -2.33. The minimum atomic E-state index is -0.299. The number of amides is 1. The van der Waals surface area contributed by atoms with Crippen molar-refractivity contribution in [2.75, 3.05) is 12.4 Å². The molecule has 0 aliphatic rings. The second-order valence-electron chi connectivity index (χ2n) is 5.56. The van der Waals surface area contributed by atoms with Crippen LogP contribution >= 0.6 is 27.7 Å². The summed E-state index contributed by atoms with van der Waals surface area (Å²) in [6, 6.07) is 7.65. The number of carbonyl (C=O) groups is 1. The van der Waals surface area contributed by atoms with Crippen LogP contribution in [0.3, 0.4) is 0 Å². The molecule has 1 amide bonds. The van der Waals surface area contributed by atoms with Crippen molar-refractivity contribution in [1.29, 1.82) is 0 Å². The van der Waals surface area contributed by atoms with Crippen molar-refractivity contribution in [2.45, 2.75) is 31.2 Å². The van der Waals surface area contributed by atoms with E-state index in [1.54, 1.807) is 0 Å². The summed E-state index contributed by atoms with van der Waals surface area (Å²) in [7, 11) is 0. The number of nitrogens with zero attached hydrogens (tertiary/aromatic N) is 3. The van der Waals surface area contributed by atoms with Gasteiger partial charge in [0.1, 0.15) is 0 Å². The van der Waals surface area contributed by atoms with E-state index >= 15 is 0 Å². The first-order valence-electron chi connectivity index (χ1n) is 7.30. The number of carbonyl (C=O) groups excluding carboxylic acids is 1. The summed E-state index contributed by atoms with van der Waals surface area (Å²) >= 11 is 4.77. The predicted octanol–water partition coefficient (Wildman–Crippen LogP) is 2.67. The zero-order chi connectivity index (χ0) is 17.0. The Balaban J connectivity index is 2.11. The number of thioether (sulfide) groups is 1. The lowest BCUT2D eigenvalue weighted by Gasteiger charge is -2.12. The van der Waals surface area contributed by atoms with Gasteiger partial charge in [0.25, 0.3) is 0 Å². The maximum Gasteiger partial charge on any atom is 0.233 e. The quantitative estimate of drug-likeness (QED) is 0.577. The third kappa shape index (κ3) is 4.48. The average Bonchev–Trinajstić information content (AvgIpc) is 2.86. The molecule has 23 heavy (non-hydrogen) atoms. The predicted molar refractivity (Wildman–Crippen MR) is 96.5 cm³/mol. The maximum atomic E-state index is 12.1. The number of hydrogen-bond acceptors (Lipinski definition) is 5. The number of rotatable bonds is 6. The van der Waals surface area contributed by atoms with Gasteiger partial charge in [-0.15, -0.1) is 10.2 Å². The highest BCUT2D eigenvalue weighted by Crippen LogP contribution is 2.29. The minimum absolute atomic E-state index is 0.0332. The van der Waals surface area contributed by atoms with Crippen LogP contribution in [0.4, 0.5) is 0 Å². The molecule has 2 aromatic rings. The molecule has 1 atom stereocenters. The van der Waals surface area contributed by atoms with E-state index in [9.17, 15) is 4.79 Å². The zero-order valence-corrected chi connectivity index (χ0v) is 15.7. The first kappa shape index (κ1) is 17.8. The van der Waals surface area contributed by atoms with E-state index in [0.29, 0.717) is 23.4 Å². The summed E-state index contributed by atoms with van der Waals surface area (Å²) in [6.45, 7) is 6.59. The molecule has 8 heteroatoms. The second-order valence-corrected chi connectivity index (χ2v) is 7.72. The van der Waals surface area contributed by atoms with Crippen LogP contribution in [0.1, 0.15) is 20.8 Å². The molecular formula is C15H20BrN5OS. The molecule has 124 valence electrons.